The van der Waals surface area contributed by atoms with Crippen LogP contribution in [0.4, 0.5) is 0 Å². The average molecular weight is 262 g/mol. The fourth-order valence-electron chi connectivity index (χ4n) is 2.31. The van der Waals surface area contributed by atoms with Gasteiger partial charge in [-0.2, -0.15) is 11.8 Å². The predicted molar refractivity (Wildman–Crippen MR) is 75.0 cm³/mol. The first kappa shape index (κ1) is 12.0. The zero-order valence-electron chi connectivity index (χ0n) is 10.4. The van der Waals surface area contributed by atoms with Crippen LogP contribution in [0.5, 0.6) is 0 Å². The van der Waals surface area contributed by atoms with E-state index >= 15 is 0 Å². The van der Waals surface area contributed by atoms with Gasteiger partial charge in [0.25, 0.3) is 0 Å². The number of aryl methyl sites for hydroxylation is 1. The van der Waals surface area contributed by atoms with Crippen molar-refractivity contribution < 1.29 is 0 Å². The fraction of sp³-hybridized carbons (Fsp3) is 0.538. The van der Waals surface area contributed by atoms with Gasteiger partial charge in [-0.15, -0.1) is 10.2 Å². The second kappa shape index (κ2) is 5.71. The maximum atomic E-state index is 4.25. The molecule has 5 heteroatoms. The van der Waals surface area contributed by atoms with E-state index in [-0.39, 0.29) is 0 Å². The summed E-state index contributed by atoms with van der Waals surface area (Å²) in [5.74, 6) is 3.65. The lowest BCUT2D eigenvalue weighted by Gasteiger charge is -2.10. The van der Waals surface area contributed by atoms with E-state index < -0.39 is 0 Å². The van der Waals surface area contributed by atoms with E-state index in [1.807, 2.05) is 24.4 Å². The molecule has 0 amide bonds. The van der Waals surface area contributed by atoms with Gasteiger partial charge in [0.15, 0.2) is 5.65 Å². The molecular weight excluding hydrogens is 244 g/mol. The summed E-state index contributed by atoms with van der Waals surface area (Å²) < 4.78 is 2.07. The molecule has 3 heterocycles. The Balaban J connectivity index is 1.50. The molecule has 0 unspecified atom stereocenters. The maximum Gasteiger partial charge on any atom is 0.160 e. The smallest absolute Gasteiger partial charge is 0.160 e. The second-order valence-corrected chi connectivity index (χ2v) is 5.81. The van der Waals surface area contributed by atoms with Crippen molar-refractivity contribution in [2.75, 3.05) is 18.1 Å². The molecule has 1 aliphatic rings. The molecule has 1 atom stereocenters. The Kier molecular flexibility index (Phi) is 3.81. The highest BCUT2D eigenvalue weighted by atomic mass is 32.2. The normalized spacial score (nSPS) is 19.7. The van der Waals surface area contributed by atoms with Crippen LogP contribution >= 0.6 is 11.8 Å². The molecule has 0 aliphatic carbocycles. The van der Waals surface area contributed by atoms with Gasteiger partial charge in [-0.05, 0) is 37.3 Å². The minimum Gasteiger partial charge on any atom is -0.313 e. The molecule has 1 N–H and O–H groups in total. The second-order valence-electron chi connectivity index (χ2n) is 4.66. The zero-order chi connectivity index (χ0) is 12.2. The third kappa shape index (κ3) is 2.67. The summed E-state index contributed by atoms with van der Waals surface area (Å²) in [5.41, 5.74) is 0.938. The predicted octanol–water partition coefficient (Wildman–Crippen LogP) is 1.76. The lowest BCUT2D eigenvalue weighted by Crippen LogP contribution is -2.29. The van der Waals surface area contributed by atoms with Crippen LogP contribution in [0.3, 0.4) is 0 Å². The first-order valence-corrected chi connectivity index (χ1v) is 7.69. The first-order valence-electron chi connectivity index (χ1n) is 6.53. The Bertz CT molecular complexity index is 504. The molecule has 3 rings (SSSR count). The summed E-state index contributed by atoms with van der Waals surface area (Å²) in [6.45, 7) is 1.08. The van der Waals surface area contributed by atoms with E-state index in [4.69, 9.17) is 0 Å². The lowest BCUT2D eigenvalue weighted by atomic mass is 10.2. The van der Waals surface area contributed by atoms with Gasteiger partial charge in [0.05, 0.1) is 0 Å². The highest BCUT2D eigenvalue weighted by Crippen LogP contribution is 2.16. The SMILES string of the molecule is c1ccn2c(CCCN[C@@H]3CCSC3)nnc2c1. The van der Waals surface area contributed by atoms with Crippen LogP contribution in [0.25, 0.3) is 5.65 Å². The van der Waals surface area contributed by atoms with Crippen molar-refractivity contribution in [3.05, 3.63) is 30.2 Å². The molecule has 2 aromatic heterocycles. The summed E-state index contributed by atoms with van der Waals surface area (Å²) in [4.78, 5) is 0. The molecule has 18 heavy (non-hydrogen) atoms. The van der Waals surface area contributed by atoms with Crippen molar-refractivity contribution in [3.8, 4) is 0 Å². The van der Waals surface area contributed by atoms with Crippen molar-refractivity contribution in [2.45, 2.75) is 25.3 Å². The highest BCUT2D eigenvalue weighted by molar-refractivity contribution is 7.99. The Hall–Kier alpha value is -1.07. The number of nitrogens with zero attached hydrogens (tertiary/aromatic N) is 3. The van der Waals surface area contributed by atoms with E-state index in [9.17, 15) is 0 Å². The van der Waals surface area contributed by atoms with Gasteiger partial charge >= 0.3 is 0 Å². The zero-order valence-corrected chi connectivity index (χ0v) is 11.2. The van der Waals surface area contributed by atoms with E-state index in [0.717, 1.165) is 36.9 Å². The molecule has 1 aliphatic heterocycles. The van der Waals surface area contributed by atoms with E-state index in [0.29, 0.717) is 0 Å². The minimum absolute atomic E-state index is 0.727. The number of thioether (sulfide) groups is 1. The monoisotopic (exact) mass is 262 g/mol. The molecule has 4 nitrogen and oxygen atoms in total. The molecule has 0 radical (unpaired) electrons. The van der Waals surface area contributed by atoms with Crippen LogP contribution in [0.15, 0.2) is 24.4 Å². The molecule has 0 aromatic carbocycles. The Morgan fingerprint density at radius 3 is 3.28 bits per heavy atom. The van der Waals surface area contributed by atoms with Crippen LogP contribution in [0.2, 0.25) is 0 Å². The first-order chi connectivity index (χ1) is 8.93. The van der Waals surface area contributed by atoms with Gasteiger partial charge in [0.2, 0.25) is 0 Å². The van der Waals surface area contributed by atoms with Gasteiger partial charge < -0.3 is 5.32 Å². The van der Waals surface area contributed by atoms with Crippen molar-refractivity contribution in [1.82, 2.24) is 19.9 Å². The Morgan fingerprint density at radius 2 is 2.39 bits per heavy atom. The third-order valence-electron chi connectivity index (χ3n) is 3.32. The molecule has 2 aromatic rings. The molecule has 1 fully saturated rings. The largest absolute Gasteiger partial charge is 0.313 e. The van der Waals surface area contributed by atoms with Gasteiger partial charge in [-0.25, -0.2) is 0 Å². The van der Waals surface area contributed by atoms with Crippen LogP contribution in [0, 0.1) is 0 Å². The third-order valence-corrected chi connectivity index (χ3v) is 4.49. The number of aromatic nitrogens is 3. The van der Waals surface area contributed by atoms with Crippen LogP contribution in [0.1, 0.15) is 18.7 Å². The van der Waals surface area contributed by atoms with E-state index in [2.05, 4.69) is 31.7 Å². The van der Waals surface area contributed by atoms with Gasteiger partial charge in [0, 0.05) is 24.4 Å². The molecule has 96 valence electrons. The minimum atomic E-state index is 0.727. The van der Waals surface area contributed by atoms with Crippen LogP contribution in [-0.2, 0) is 6.42 Å². The summed E-state index contributed by atoms with van der Waals surface area (Å²) in [6.07, 6.45) is 5.46. The van der Waals surface area contributed by atoms with Crippen LogP contribution in [-0.4, -0.2) is 38.7 Å². The Morgan fingerprint density at radius 1 is 1.39 bits per heavy atom. The van der Waals surface area contributed by atoms with Crippen molar-refractivity contribution in [3.63, 3.8) is 0 Å². The number of fused-ring (bicyclic) bond motifs is 1. The standard InChI is InChI=1S/C13H18N4S/c1-2-8-17-12(4-1)15-16-13(17)5-3-7-14-11-6-9-18-10-11/h1-2,4,8,11,14H,3,5-7,9-10H2/t11-/m1/s1. The average Bonchev–Trinajstić information content (AvgIpc) is 3.04. The van der Waals surface area contributed by atoms with Crippen molar-refractivity contribution >= 4 is 17.4 Å². The lowest BCUT2D eigenvalue weighted by molar-refractivity contribution is 0.541. The summed E-state index contributed by atoms with van der Waals surface area (Å²) in [6, 6.07) is 6.73. The maximum absolute atomic E-state index is 4.25. The number of hydrogen-bond acceptors (Lipinski definition) is 4. The summed E-state index contributed by atoms with van der Waals surface area (Å²) in [5, 5.41) is 12.0. The molecular formula is C13H18N4S. The van der Waals surface area contributed by atoms with Crippen molar-refractivity contribution in [1.29, 1.82) is 0 Å². The molecule has 0 bridgehead atoms. The number of pyridine rings is 1. The molecule has 0 saturated carbocycles. The molecule has 1 saturated heterocycles. The van der Waals surface area contributed by atoms with Gasteiger partial charge in [-0.1, -0.05) is 6.07 Å². The van der Waals surface area contributed by atoms with Crippen molar-refractivity contribution in [2.24, 2.45) is 0 Å². The summed E-state index contributed by atoms with van der Waals surface area (Å²) in [7, 11) is 0. The molecule has 0 spiro atoms. The Labute approximate surface area is 111 Å². The van der Waals surface area contributed by atoms with Gasteiger partial charge in [0.1, 0.15) is 5.82 Å². The van der Waals surface area contributed by atoms with Gasteiger partial charge in [-0.3, -0.25) is 4.40 Å². The van der Waals surface area contributed by atoms with Crippen LogP contribution < -0.4 is 5.32 Å². The summed E-state index contributed by atoms with van der Waals surface area (Å²) >= 11 is 2.05. The topological polar surface area (TPSA) is 42.2 Å². The fourth-order valence-corrected chi connectivity index (χ4v) is 3.50. The number of rotatable bonds is 5. The number of nitrogens with one attached hydrogen (secondary N) is 1. The van der Waals surface area contributed by atoms with E-state index in [1.165, 1.54) is 17.9 Å². The highest BCUT2D eigenvalue weighted by Gasteiger charge is 2.14. The quantitative estimate of drug-likeness (QED) is 0.834. The van der Waals surface area contributed by atoms with E-state index in [1.54, 1.807) is 0 Å². The number of hydrogen-bond donors (Lipinski definition) is 1.